The third kappa shape index (κ3) is 2.91. The first kappa shape index (κ1) is 13.7. The monoisotopic (exact) mass is 288 g/mol. The maximum absolute atomic E-state index is 12.7. The quantitative estimate of drug-likeness (QED) is 0.673. The van der Waals surface area contributed by atoms with E-state index in [1.165, 1.54) is 0 Å². The normalized spacial score (nSPS) is 19.3. The Morgan fingerprint density at radius 1 is 1.38 bits per heavy atom. The van der Waals surface area contributed by atoms with Gasteiger partial charge in [-0.3, -0.25) is 4.79 Å². The van der Waals surface area contributed by atoms with Crippen LogP contribution in [-0.4, -0.2) is 68.8 Å². The topological polar surface area (TPSA) is 107 Å². The van der Waals surface area contributed by atoms with Crippen molar-refractivity contribution in [3.63, 3.8) is 0 Å². The summed E-state index contributed by atoms with van der Waals surface area (Å²) in [6.07, 6.45) is -0.561. The Labute approximate surface area is 121 Å². The number of nitrogens with one attached hydrogen (secondary N) is 2. The molecule has 3 N–H and O–H groups in total. The molecule has 21 heavy (non-hydrogen) atoms. The molecule has 0 saturated carbocycles. The number of aliphatic hydroxyl groups excluding tert-OH is 1. The zero-order valence-electron chi connectivity index (χ0n) is 11.4. The summed E-state index contributed by atoms with van der Waals surface area (Å²) in [7, 11) is 0. The molecule has 1 aliphatic rings. The molecule has 8 nitrogen and oxygen atoms in total. The van der Waals surface area contributed by atoms with E-state index in [1.807, 2.05) is 6.07 Å². The van der Waals surface area contributed by atoms with E-state index in [4.69, 9.17) is 0 Å². The molecule has 1 aliphatic heterocycles. The molecule has 8 heteroatoms. The summed E-state index contributed by atoms with van der Waals surface area (Å²) in [5, 5.41) is 26.7. The maximum atomic E-state index is 12.7. The molecule has 2 aromatic rings. The fourth-order valence-electron chi connectivity index (χ4n) is 2.39. The Hall–Kier alpha value is -2.32. The number of aliphatic hydroxyl groups is 1. The minimum Gasteiger partial charge on any atom is -0.390 e. The van der Waals surface area contributed by atoms with Crippen LogP contribution >= 0.6 is 0 Å². The summed E-state index contributed by atoms with van der Waals surface area (Å²) in [6, 6.07) is 7.13. The van der Waals surface area contributed by atoms with Gasteiger partial charge in [0.15, 0.2) is 0 Å². The molecule has 0 spiro atoms. The van der Waals surface area contributed by atoms with Crippen molar-refractivity contribution in [1.82, 2.24) is 30.8 Å². The highest BCUT2D eigenvalue weighted by Gasteiger charge is 2.24. The predicted molar refractivity (Wildman–Crippen MR) is 74.4 cm³/mol. The SMILES string of the molecule is O=C(c1ccccc1-c1nn[nH]n1)N1CCNCC(O)C1. The molecule has 1 aromatic heterocycles. The zero-order valence-corrected chi connectivity index (χ0v) is 11.4. The number of amides is 1. The Kier molecular flexibility index (Phi) is 3.89. The number of rotatable bonds is 2. The van der Waals surface area contributed by atoms with E-state index in [0.29, 0.717) is 43.1 Å². The van der Waals surface area contributed by atoms with Crippen molar-refractivity contribution < 1.29 is 9.90 Å². The van der Waals surface area contributed by atoms with Gasteiger partial charge in [-0.25, -0.2) is 0 Å². The first-order chi connectivity index (χ1) is 10.3. The lowest BCUT2D eigenvalue weighted by atomic mass is 10.1. The molecule has 3 rings (SSSR count). The number of aromatic amines is 1. The first-order valence-electron chi connectivity index (χ1n) is 6.76. The van der Waals surface area contributed by atoms with Crippen LogP contribution in [0.3, 0.4) is 0 Å². The number of carbonyl (C=O) groups is 1. The Balaban J connectivity index is 1.91. The number of hydrogen-bond donors (Lipinski definition) is 3. The Morgan fingerprint density at radius 2 is 2.24 bits per heavy atom. The average Bonchev–Trinajstić information content (AvgIpc) is 2.95. The Morgan fingerprint density at radius 3 is 3.05 bits per heavy atom. The summed E-state index contributed by atoms with van der Waals surface area (Å²) in [5.74, 6) is 0.241. The molecular formula is C13H16N6O2. The highest BCUT2D eigenvalue weighted by Crippen LogP contribution is 2.21. The number of nitrogens with zero attached hydrogens (tertiary/aromatic N) is 4. The lowest BCUT2D eigenvalue weighted by Crippen LogP contribution is -2.38. The molecule has 0 radical (unpaired) electrons. The van der Waals surface area contributed by atoms with E-state index in [-0.39, 0.29) is 5.91 Å². The summed E-state index contributed by atoms with van der Waals surface area (Å²) in [6.45, 7) is 2.02. The van der Waals surface area contributed by atoms with Gasteiger partial charge in [-0.1, -0.05) is 18.2 Å². The molecular weight excluding hydrogens is 272 g/mol. The number of carbonyl (C=O) groups excluding carboxylic acids is 1. The van der Waals surface area contributed by atoms with Crippen molar-refractivity contribution in [2.75, 3.05) is 26.2 Å². The molecule has 1 aromatic carbocycles. The molecule has 1 amide bonds. The summed E-state index contributed by atoms with van der Waals surface area (Å²) >= 11 is 0. The van der Waals surface area contributed by atoms with Crippen LogP contribution in [0.15, 0.2) is 24.3 Å². The van der Waals surface area contributed by atoms with Gasteiger partial charge in [0.25, 0.3) is 5.91 Å². The molecule has 110 valence electrons. The summed E-state index contributed by atoms with van der Waals surface area (Å²) in [5.41, 5.74) is 1.14. The van der Waals surface area contributed by atoms with E-state index in [0.717, 1.165) is 0 Å². The van der Waals surface area contributed by atoms with Crippen LogP contribution in [0, 0.1) is 0 Å². The van der Waals surface area contributed by atoms with Crippen LogP contribution in [0.4, 0.5) is 0 Å². The van der Waals surface area contributed by atoms with Gasteiger partial charge < -0.3 is 15.3 Å². The van der Waals surface area contributed by atoms with E-state index >= 15 is 0 Å². The second-order valence-electron chi connectivity index (χ2n) is 4.89. The largest absolute Gasteiger partial charge is 0.390 e. The second kappa shape index (κ2) is 5.98. The van der Waals surface area contributed by atoms with Gasteiger partial charge >= 0.3 is 0 Å². The number of aromatic nitrogens is 4. The summed E-state index contributed by atoms with van der Waals surface area (Å²) < 4.78 is 0. The van der Waals surface area contributed by atoms with Gasteiger partial charge in [0.05, 0.1) is 11.7 Å². The highest BCUT2D eigenvalue weighted by molar-refractivity contribution is 6.00. The van der Waals surface area contributed by atoms with Crippen molar-refractivity contribution in [2.45, 2.75) is 6.10 Å². The number of hydrogen-bond acceptors (Lipinski definition) is 6. The van der Waals surface area contributed by atoms with Gasteiger partial charge in [0.2, 0.25) is 5.82 Å². The van der Waals surface area contributed by atoms with Gasteiger partial charge in [-0.2, -0.15) is 5.21 Å². The molecule has 1 saturated heterocycles. The number of benzene rings is 1. The second-order valence-corrected chi connectivity index (χ2v) is 4.89. The minimum atomic E-state index is -0.561. The van der Waals surface area contributed by atoms with E-state index in [1.54, 1.807) is 23.1 Å². The Bertz CT molecular complexity index is 615. The molecule has 1 unspecified atom stereocenters. The van der Waals surface area contributed by atoms with Crippen molar-refractivity contribution >= 4 is 5.91 Å². The van der Waals surface area contributed by atoms with Crippen LogP contribution in [0.25, 0.3) is 11.4 Å². The van der Waals surface area contributed by atoms with Gasteiger partial charge in [0.1, 0.15) is 0 Å². The van der Waals surface area contributed by atoms with E-state index < -0.39 is 6.10 Å². The first-order valence-corrected chi connectivity index (χ1v) is 6.76. The average molecular weight is 288 g/mol. The van der Waals surface area contributed by atoms with E-state index in [9.17, 15) is 9.90 Å². The zero-order chi connectivity index (χ0) is 14.7. The van der Waals surface area contributed by atoms with Gasteiger partial charge in [0, 0.05) is 31.7 Å². The highest BCUT2D eigenvalue weighted by atomic mass is 16.3. The lowest BCUT2D eigenvalue weighted by molar-refractivity contribution is 0.0673. The van der Waals surface area contributed by atoms with E-state index in [2.05, 4.69) is 25.9 Å². The van der Waals surface area contributed by atoms with Crippen LogP contribution in [0.5, 0.6) is 0 Å². The molecule has 0 bridgehead atoms. The van der Waals surface area contributed by atoms with Crippen LogP contribution in [-0.2, 0) is 0 Å². The lowest BCUT2D eigenvalue weighted by Gasteiger charge is -2.22. The predicted octanol–water partition coefficient (Wildman–Crippen LogP) is -0.727. The van der Waals surface area contributed by atoms with Crippen LogP contribution < -0.4 is 5.32 Å². The van der Waals surface area contributed by atoms with Gasteiger partial charge in [-0.15, -0.1) is 10.2 Å². The number of H-pyrrole nitrogens is 1. The molecule has 2 heterocycles. The fourth-order valence-corrected chi connectivity index (χ4v) is 2.39. The fraction of sp³-hybridized carbons (Fsp3) is 0.385. The number of β-amino-alcohol motifs (C(OH)–C–C–N with tert-alkyl or cyclic N) is 1. The summed E-state index contributed by atoms with van der Waals surface area (Å²) in [4.78, 5) is 14.4. The molecule has 1 atom stereocenters. The molecule has 1 fully saturated rings. The van der Waals surface area contributed by atoms with Crippen LogP contribution in [0.1, 0.15) is 10.4 Å². The van der Waals surface area contributed by atoms with Crippen molar-refractivity contribution in [3.05, 3.63) is 29.8 Å². The third-order valence-corrected chi connectivity index (χ3v) is 3.40. The van der Waals surface area contributed by atoms with Crippen molar-refractivity contribution in [2.24, 2.45) is 0 Å². The molecule has 0 aliphatic carbocycles. The third-order valence-electron chi connectivity index (χ3n) is 3.40. The standard InChI is InChI=1S/C13H16N6O2/c20-9-7-14-5-6-19(8-9)13(21)11-4-2-1-3-10(11)12-15-17-18-16-12/h1-4,9,14,20H,5-8H2,(H,15,16,17,18). The van der Waals surface area contributed by atoms with Crippen molar-refractivity contribution in [3.8, 4) is 11.4 Å². The van der Waals surface area contributed by atoms with Gasteiger partial charge in [-0.05, 0) is 11.3 Å². The van der Waals surface area contributed by atoms with Crippen molar-refractivity contribution in [1.29, 1.82) is 0 Å². The minimum absolute atomic E-state index is 0.141. The van der Waals surface area contributed by atoms with Crippen LogP contribution in [0.2, 0.25) is 0 Å². The maximum Gasteiger partial charge on any atom is 0.254 e. The number of tetrazole rings is 1. The smallest absolute Gasteiger partial charge is 0.254 e.